The first-order valence-electron chi connectivity index (χ1n) is 8.64. The van der Waals surface area contributed by atoms with Gasteiger partial charge in [-0.25, -0.2) is 0 Å². The molecular formula is C18H25N3O. The van der Waals surface area contributed by atoms with Crippen LogP contribution in [0.2, 0.25) is 0 Å². The number of likely N-dealkylation sites (tertiary alicyclic amines) is 1. The lowest BCUT2D eigenvalue weighted by Crippen LogP contribution is -2.40. The highest BCUT2D eigenvalue weighted by atomic mass is 16.5. The van der Waals surface area contributed by atoms with Crippen LogP contribution in [-0.2, 0) is 0 Å². The van der Waals surface area contributed by atoms with Gasteiger partial charge in [0.2, 0.25) is 0 Å². The summed E-state index contributed by atoms with van der Waals surface area (Å²) in [6.07, 6.45) is 10.0. The molecule has 1 aromatic heterocycles. The van der Waals surface area contributed by atoms with Crippen molar-refractivity contribution < 1.29 is 4.74 Å². The van der Waals surface area contributed by atoms with Crippen molar-refractivity contribution in [3.05, 3.63) is 23.9 Å². The van der Waals surface area contributed by atoms with Gasteiger partial charge < -0.3 is 9.64 Å². The van der Waals surface area contributed by atoms with Crippen molar-refractivity contribution >= 4 is 10.9 Å². The molecule has 118 valence electrons. The van der Waals surface area contributed by atoms with Gasteiger partial charge in [0.1, 0.15) is 11.9 Å². The molecule has 0 amide bonds. The molecule has 4 rings (SSSR count). The predicted molar refractivity (Wildman–Crippen MR) is 88.3 cm³/mol. The first kappa shape index (κ1) is 14.1. The Kier molecular flexibility index (Phi) is 3.78. The van der Waals surface area contributed by atoms with Gasteiger partial charge in [0.05, 0.1) is 11.7 Å². The maximum atomic E-state index is 6.39. The number of H-pyrrole nitrogens is 1. The Hall–Kier alpha value is -1.55. The van der Waals surface area contributed by atoms with Gasteiger partial charge in [-0.2, -0.15) is 5.10 Å². The van der Waals surface area contributed by atoms with Crippen LogP contribution in [0.5, 0.6) is 5.75 Å². The smallest absolute Gasteiger partial charge is 0.123 e. The highest BCUT2D eigenvalue weighted by Crippen LogP contribution is 2.32. The van der Waals surface area contributed by atoms with E-state index in [0.29, 0.717) is 6.10 Å². The van der Waals surface area contributed by atoms with Crippen molar-refractivity contribution in [2.45, 2.75) is 57.6 Å². The van der Waals surface area contributed by atoms with Crippen molar-refractivity contribution in [1.82, 2.24) is 15.1 Å². The van der Waals surface area contributed by atoms with Gasteiger partial charge in [-0.1, -0.05) is 0 Å². The molecule has 2 unspecified atom stereocenters. The number of hydrogen-bond donors (Lipinski definition) is 1. The van der Waals surface area contributed by atoms with Crippen LogP contribution in [0.4, 0.5) is 0 Å². The van der Waals surface area contributed by atoms with E-state index in [0.717, 1.165) is 17.3 Å². The molecule has 1 saturated carbocycles. The summed E-state index contributed by atoms with van der Waals surface area (Å²) in [4.78, 5) is 2.68. The fourth-order valence-corrected chi connectivity index (χ4v) is 4.11. The Morgan fingerprint density at radius 1 is 1.18 bits per heavy atom. The largest absolute Gasteiger partial charge is 0.490 e. The van der Waals surface area contributed by atoms with E-state index in [1.807, 2.05) is 6.20 Å². The molecule has 2 atom stereocenters. The number of hydrogen-bond acceptors (Lipinski definition) is 3. The molecule has 0 radical (unpaired) electrons. The summed E-state index contributed by atoms with van der Waals surface area (Å²) < 4.78 is 6.39. The van der Waals surface area contributed by atoms with Gasteiger partial charge in [0.15, 0.2) is 0 Å². The number of ether oxygens (including phenoxy) is 1. The van der Waals surface area contributed by atoms with E-state index < -0.39 is 0 Å². The number of benzene rings is 1. The number of aromatic amines is 1. The lowest BCUT2D eigenvalue weighted by Gasteiger charge is -2.35. The summed E-state index contributed by atoms with van der Waals surface area (Å²) in [5, 5.41) is 8.32. The summed E-state index contributed by atoms with van der Waals surface area (Å²) in [6, 6.07) is 4.90. The molecular weight excluding hydrogens is 274 g/mol. The molecule has 2 heterocycles. The van der Waals surface area contributed by atoms with E-state index in [4.69, 9.17) is 4.74 Å². The van der Waals surface area contributed by atoms with Gasteiger partial charge in [-0.05, 0) is 70.7 Å². The second-order valence-electron chi connectivity index (χ2n) is 6.82. The van der Waals surface area contributed by atoms with Gasteiger partial charge >= 0.3 is 0 Å². The van der Waals surface area contributed by atoms with Crippen LogP contribution >= 0.6 is 0 Å². The Balaban J connectivity index is 1.48. The Morgan fingerprint density at radius 3 is 2.91 bits per heavy atom. The molecule has 1 saturated heterocycles. The van der Waals surface area contributed by atoms with Crippen LogP contribution in [0.25, 0.3) is 10.9 Å². The second kappa shape index (κ2) is 5.92. The van der Waals surface area contributed by atoms with Crippen molar-refractivity contribution in [3.8, 4) is 5.75 Å². The molecule has 1 N–H and O–H groups in total. The fourth-order valence-electron chi connectivity index (χ4n) is 4.11. The highest BCUT2D eigenvalue weighted by Gasteiger charge is 2.29. The number of aromatic nitrogens is 2. The molecule has 1 aliphatic carbocycles. The van der Waals surface area contributed by atoms with Gasteiger partial charge in [0, 0.05) is 17.0 Å². The summed E-state index contributed by atoms with van der Waals surface area (Å²) >= 11 is 0. The Morgan fingerprint density at radius 2 is 2.05 bits per heavy atom. The number of rotatable bonds is 3. The topological polar surface area (TPSA) is 41.1 Å². The summed E-state index contributed by atoms with van der Waals surface area (Å²) in [5.74, 6) is 1.03. The predicted octanol–water partition coefficient (Wildman–Crippen LogP) is 3.66. The van der Waals surface area contributed by atoms with E-state index in [-0.39, 0.29) is 0 Å². The molecule has 4 heteroatoms. The standard InChI is InChI=1S/C18H25N3O/c1-13-16-12-19-20-17(16)7-8-18(13)22-15-6-4-5-14(11-15)21-9-2-3-10-21/h7-8,12,14-15H,2-6,9-11H2,1H3,(H,19,20). The van der Waals surface area contributed by atoms with Crippen LogP contribution in [0.1, 0.15) is 44.1 Å². The number of nitrogens with zero attached hydrogens (tertiary/aromatic N) is 2. The molecule has 0 spiro atoms. The molecule has 1 aliphatic heterocycles. The van der Waals surface area contributed by atoms with E-state index in [1.54, 1.807) is 0 Å². The van der Waals surface area contributed by atoms with E-state index in [1.165, 1.54) is 62.6 Å². The number of nitrogens with one attached hydrogen (secondary N) is 1. The summed E-state index contributed by atoms with van der Waals surface area (Å²) in [6.45, 7) is 4.71. The maximum absolute atomic E-state index is 6.39. The van der Waals surface area contributed by atoms with Crippen molar-refractivity contribution in [3.63, 3.8) is 0 Å². The third kappa shape index (κ3) is 2.60. The van der Waals surface area contributed by atoms with E-state index in [9.17, 15) is 0 Å². The van der Waals surface area contributed by atoms with Crippen molar-refractivity contribution in [1.29, 1.82) is 0 Å². The minimum absolute atomic E-state index is 0.363. The monoisotopic (exact) mass is 299 g/mol. The SMILES string of the molecule is Cc1c(OC2CCCC(N3CCCC3)C2)ccc2[nH]ncc12. The van der Waals surface area contributed by atoms with Crippen LogP contribution in [-0.4, -0.2) is 40.3 Å². The van der Waals surface area contributed by atoms with Crippen LogP contribution in [0.3, 0.4) is 0 Å². The average Bonchev–Trinajstić information content (AvgIpc) is 3.21. The Bertz CT molecular complexity index is 645. The van der Waals surface area contributed by atoms with Gasteiger partial charge in [-0.3, -0.25) is 5.10 Å². The first-order chi connectivity index (χ1) is 10.8. The normalized spacial score (nSPS) is 26.6. The van der Waals surface area contributed by atoms with E-state index >= 15 is 0 Å². The minimum Gasteiger partial charge on any atom is -0.490 e. The third-order valence-electron chi connectivity index (χ3n) is 5.39. The zero-order chi connectivity index (χ0) is 14.9. The Labute approximate surface area is 131 Å². The van der Waals surface area contributed by atoms with Crippen LogP contribution in [0, 0.1) is 6.92 Å². The van der Waals surface area contributed by atoms with Crippen molar-refractivity contribution in [2.24, 2.45) is 0 Å². The quantitative estimate of drug-likeness (QED) is 0.940. The van der Waals surface area contributed by atoms with Crippen molar-refractivity contribution in [2.75, 3.05) is 13.1 Å². The first-order valence-corrected chi connectivity index (χ1v) is 8.64. The fraction of sp³-hybridized carbons (Fsp3) is 0.611. The molecule has 2 aliphatic rings. The molecule has 0 bridgehead atoms. The molecule has 22 heavy (non-hydrogen) atoms. The van der Waals surface area contributed by atoms with Gasteiger partial charge in [0.25, 0.3) is 0 Å². The molecule has 1 aromatic carbocycles. The zero-order valence-corrected chi connectivity index (χ0v) is 13.3. The maximum Gasteiger partial charge on any atom is 0.123 e. The summed E-state index contributed by atoms with van der Waals surface area (Å²) in [5.41, 5.74) is 2.29. The van der Waals surface area contributed by atoms with Gasteiger partial charge in [-0.15, -0.1) is 0 Å². The second-order valence-corrected chi connectivity index (χ2v) is 6.82. The highest BCUT2D eigenvalue weighted by molar-refractivity contribution is 5.83. The van der Waals surface area contributed by atoms with Crippen LogP contribution < -0.4 is 4.74 Å². The summed E-state index contributed by atoms with van der Waals surface area (Å²) in [7, 11) is 0. The lowest BCUT2D eigenvalue weighted by molar-refractivity contribution is 0.0882. The number of fused-ring (bicyclic) bond motifs is 1. The van der Waals surface area contributed by atoms with E-state index in [2.05, 4.69) is 34.2 Å². The average molecular weight is 299 g/mol. The molecule has 2 aromatic rings. The molecule has 2 fully saturated rings. The number of aryl methyl sites for hydroxylation is 1. The molecule has 4 nitrogen and oxygen atoms in total. The zero-order valence-electron chi connectivity index (χ0n) is 13.3. The lowest BCUT2D eigenvalue weighted by atomic mass is 9.91. The minimum atomic E-state index is 0.363. The third-order valence-corrected chi connectivity index (χ3v) is 5.39. The van der Waals surface area contributed by atoms with Crippen LogP contribution in [0.15, 0.2) is 18.3 Å².